The van der Waals surface area contributed by atoms with Crippen LogP contribution in [-0.2, 0) is 6.54 Å². The maximum atomic E-state index is 5.30. The summed E-state index contributed by atoms with van der Waals surface area (Å²) in [4.78, 5) is 0. The van der Waals surface area contributed by atoms with Crippen molar-refractivity contribution in [3.8, 4) is 11.5 Å². The average molecular weight is 257 g/mol. The second-order valence-corrected chi connectivity index (χ2v) is 4.36. The second kappa shape index (κ2) is 6.14. The number of anilines is 1. The van der Waals surface area contributed by atoms with Crippen LogP contribution in [0, 0.1) is 6.92 Å². The summed E-state index contributed by atoms with van der Waals surface area (Å²) in [6, 6.07) is 14.2. The van der Waals surface area contributed by atoms with Gasteiger partial charge in [-0.1, -0.05) is 24.3 Å². The molecule has 3 nitrogen and oxygen atoms in total. The first-order chi connectivity index (χ1) is 9.24. The van der Waals surface area contributed by atoms with Crippen molar-refractivity contribution < 1.29 is 9.47 Å². The van der Waals surface area contributed by atoms with Crippen LogP contribution in [-0.4, -0.2) is 14.2 Å². The first-order valence-corrected chi connectivity index (χ1v) is 6.25. The Balaban J connectivity index is 2.10. The Bertz CT molecular complexity index is 552. The zero-order chi connectivity index (χ0) is 13.7. The highest BCUT2D eigenvalue weighted by Crippen LogP contribution is 2.28. The summed E-state index contributed by atoms with van der Waals surface area (Å²) in [5, 5.41) is 3.42. The van der Waals surface area contributed by atoms with Crippen LogP contribution in [0.5, 0.6) is 11.5 Å². The fraction of sp³-hybridized carbons (Fsp3) is 0.250. The zero-order valence-electron chi connectivity index (χ0n) is 11.6. The van der Waals surface area contributed by atoms with Crippen LogP contribution >= 0.6 is 0 Å². The van der Waals surface area contributed by atoms with Crippen LogP contribution in [0.1, 0.15) is 11.1 Å². The van der Waals surface area contributed by atoms with Crippen molar-refractivity contribution in [2.75, 3.05) is 19.5 Å². The summed E-state index contributed by atoms with van der Waals surface area (Å²) in [5.41, 5.74) is 3.54. The topological polar surface area (TPSA) is 30.5 Å². The SMILES string of the molecule is COc1ccc(CNc2ccccc2C)cc1OC. The van der Waals surface area contributed by atoms with E-state index in [9.17, 15) is 0 Å². The second-order valence-electron chi connectivity index (χ2n) is 4.36. The van der Waals surface area contributed by atoms with Crippen LogP contribution < -0.4 is 14.8 Å². The molecule has 0 aliphatic heterocycles. The maximum absolute atomic E-state index is 5.30. The quantitative estimate of drug-likeness (QED) is 0.887. The van der Waals surface area contributed by atoms with Crippen LogP contribution in [0.3, 0.4) is 0 Å². The number of benzene rings is 2. The molecule has 0 saturated carbocycles. The molecule has 3 heteroatoms. The fourth-order valence-electron chi connectivity index (χ4n) is 1.96. The van der Waals surface area contributed by atoms with Gasteiger partial charge in [0.15, 0.2) is 11.5 Å². The molecule has 2 rings (SSSR count). The summed E-state index contributed by atoms with van der Waals surface area (Å²) >= 11 is 0. The molecule has 0 atom stereocenters. The van der Waals surface area contributed by atoms with E-state index < -0.39 is 0 Å². The molecule has 0 radical (unpaired) electrons. The third kappa shape index (κ3) is 3.19. The number of methoxy groups -OCH3 is 2. The van der Waals surface area contributed by atoms with E-state index in [1.165, 1.54) is 5.56 Å². The number of rotatable bonds is 5. The number of hydrogen-bond donors (Lipinski definition) is 1. The monoisotopic (exact) mass is 257 g/mol. The van der Waals surface area contributed by atoms with E-state index in [0.29, 0.717) is 0 Å². The molecule has 100 valence electrons. The first kappa shape index (κ1) is 13.3. The summed E-state index contributed by atoms with van der Waals surface area (Å²) in [7, 11) is 3.29. The van der Waals surface area contributed by atoms with Crippen molar-refractivity contribution in [2.45, 2.75) is 13.5 Å². The zero-order valence-corrected chi connectivity index (χ0v) is 11.6. The number of aryl methyl sites for hydroxylation is 1. The van der Waals surface area contributed by atoms with E-state index in [1.54, 1.807) is 14.2 Å². The van der Waals surface area contributed by atoms with Gasteiger partial charge in [-0.05, 0) is 36.2 Å². The molecule has 0 aliphatic rings. The summed E-state index contributed by atoms with van der Waals surface area (Å²) in [5.74, 6) is 1.51. The molecule has 2 aromatic carbocycles. The molecular weight excluding hydrogens is 238 g/mol. The van der Waals surface area contributed by atoms with Crippen LogP contribution in [0.25, 0.3) is 0 Å². The number of hydrogen-bond acceptors (Lipinski definition) is 3. The Morgan fingerprint density at radius 3 is 2.37 bits per heavy atom. The minimum Gasteiger partial charge on any atom is -0.493 e. The average Bonchev–Trinajstić information content (AvgIpc) is 2.46. The van der Waals surface area contributed by atoms with E-state index in [-0.39, 0.29) is 0 Å². The Kier molecular flexibility index (Phi) is 4.29. The minimum atomic E-state index is 0.752. The van der Waals surface area contributed by atoms with Crippen LogP contribution in [0.2, 0.25) is 0 Å². The van der Waals surface area contributed by atoms with E-state index in [1.807, 2.05) is 30.3 Å². The Hall–Kier alpha value is -2.16. The molecule has 0 fully saturated rings. The molecule has 0 bridgehead atoms. The molecular formula is C16H19NO2. The summed E-state index contributed by atoms with van der Waals surface area (Å²) in [6.07, 6.45) is 0. The Labute approximate surface area is 114 Å². The molecule has 0 heterocycles. The van der Waals surface area contributed by atoms with E-state index in [0.717, 1.165) is 29.3 Å². The van der Waals surface area contributed by atoms with Gasteiger partial charge in [-0.3, -0.25) is 0 Å². The third-order valence-electron chi connectivity index (χ3n) is 3.08. The van der Waals surface area contributed by atoms with Crippen molar-refractivity contribution in [1.82, 2.24) is 0 Å². The van der Waals surface area contributed by atoms with Gasteiger partial charge in [-0.25, -0.2) is 0 Å². The van der Waals surface area contributed by atoms with Gasteiger partial charge in [-0.15, -0.1) is 0 Å². The van der Waals surface area contributed by atoms with Gasteiger partial charge in [0.1, 0.15) is 0 Å². The van der Waals surface area contributed by atoms with Crippen LogP contribution in [0.15, 0.2) is 42.5 Å². The highest BCUT2D eigenvalue weighted by atomic mass is 16.5. The highest BCUT2D eigenvalue weighted by molar-refractivity contribution is 5.51. The lowest BCUT2D eigenvalue weighted by atomic mass is 10.1. The molecule has 0 amide bonds. The summed E-state index contributed by atoms with van der Waals surface area (Å²) in [6.45, 7) is 2.85. The van der Waals surface area contributed by atoms with Crippen molar-refractivity contribution >= 4 is 5.69 Å². The lowest BCUT2D eigenvalue weighted by molar-refractivity contribution is 0.354. The molecule has 0 aromatic heterocycles. The van der Waals surface area contributed by atoms with Crippen molar-refractivity contribution in [2.24, 2.45) is 0 Å². The van der Waals surface area contributed by atoms with Gasteiger partial charge in [0.25, 0.3) is 0 Å². The third-order valence-corrected chi connectivity index (χ3v) is 3.08. The lowest BCUT2D eigenvalue weighted by Crippen LogP contribution is -2.01. The highest BCUT2D eigenvalue weighted by Gasteiger charge is 2.04. The predicted octanol–water partition coefficient (Wildman–Crippen LogP) is 3.62. The van der Waals surface area contributed by atoms with E-state index in [4.69, 9.17) is 9.47 Å². The Morgan fingerprint density at radius 2 is 1.68 bits per heavy atom. The van der Waals surface area contributed by atoms with Gasteiger partial charge in [0.2, 0.25) is 0 Å². The molecule has 1 N–H and O–H groups in total. The number of ether oxygens (including phenoxy) is 2. The van der Waals surface area contributed by atoms with Crippen molar-refractivity contribution in [3.05, 3.63) is 53.6 Å². The fourth-order valence-corrected chi connectivity index (χ4v) is 1.96. The largest absolute Gasteiger partial charge is 0.493 e. The van der Waals surface area contributed by atoms with E-state index in [2.05, 4.69) is 24.4 Å². The molecule has 0 aliphatic carbocycles. The molecule has 0 spiro atoms. The Morgan fingerprint density at radius 1 is 0.947 bits per heavy atom. The number of para-hydroxylation sites is 1. The smallest absolute Gasteiger partial charge is 0.161 e. The molecule has 19 heavy (non-hydrogen) atoms. The van der Waals surface area contributed by atoms with Gasteiger partial charge in [0.05, 0.1) is 14.2 Å². The van der Waals surface area contributed by atoms with Gasteiger partial charge in [-0.2, -0.15) is 0 Å². The molecule has 0 saturated heterocycles. The van der Waals surface area contributed by atoms with E-state index >= 15 is 0 Å². The number of nitrogens with one attached hydrogen (secondary N) is 1. The lowest BCUT2D eigenvalue weighted by Gasteiger charge is -2.12. The van der Waals surface area contributed by atoms with Gasteiger partial charge >= 0.3 is 0 Å². The van der Waals surface area contributed by atoms with Crippen molar-refractivity contribution in [3.63, 3.8) is 0 Å². The van der Waals surface area contributed by atoms with Crippen molar-refractivity contribution in [1.29, 1.82) is 0 Å². The standard InChI is InChI=1S/C16H19NO2/c1-12-6-4-5-7-14(12)17-11-13-8-9-15(18-2)16(10-13)19-3/h4-10,17H,11H2,1-3H3. The first-order valence-electron chi connectivity index (χ1n) is 6.25. The van der Waals surface area contributed by atoms with Gasteiger partial charge < -0.3 is 14.8 Å². The summed E-state index contributed by atoms with van der Waals surface area (Å²) < 4.78 is 10.5. The normalized spacial score (nSPS) is 10.1. The minimum absolute atomic E-state index is 0.752. The predicted molar refractivity (Wildman–Crippen MR) is 78.1 cm³/mol. The molecule has 0 unspecified atom stereocenters. The van der Waals surface area contributed by atoms with Gasteiger partial charge in [0, 0.05) is 12.2 Å². The maximum Gasteiger partial charge on any atom is 0.161 e. The molecule has 2 aromatic rings. The van der Waals surface area contributed by atoms with Crippen LogP contribution in [0.4, 0.5) is 5.69 Å².